The van der Waals surface area contributed by atoms with Crippen LogP contribution in [0.3, 0.4) is 0 Å². The molecule has 0 heterocycles. The van der Waals surface area contributed by atoms with Crippen LogP contribution in [0.25, 0.3) is 0 Å². The number of fused-ring (bicyclic) bond motifs is 5. The van der Waals surface area contributed by atoms with E-state index in [-0.39, 0.29) is 29.6 Å². The molecule has 9 unspecified atom stereocenters. The molecule has 0 aromatic rings. The van der Waals surface area contributed by atoms with Gasteiger partial charge in [0.2, 0.25) is 0 Å². The van der Waals surface area contributed by atoms with Crippen molar-refractivity contribution in [3.05, 3.63) is 24.3 Å². The number of hydrogen-bond donors (Lipinski definition) is 3. The van der Waals surface area contributed by atoms with E-state index >= 15 is 0 Å². The van der Waals surface area contributed by atoms with Gasteiger partial charge >= 0.3 is 0 Å². The Morgan fingerprint density at radius 2 is 2.00 bits per heavy atom. The van der Waals surface area contributed by atoms with Crippen LogP contribution in [0, 0.1) is 46.3 Å². The molecule has 3 N–H and O–H groups in total. The standard InChI is InChI=1S/C27H42O4/c1-17(2)6-5-11-26(4,31)24-23(30)15-22-20-8-7-18-14-19(29)9-12-25(18,3)21(20)10-13-27(22,24)16-28/h5,9,11-12,17-18,20-24,28,30-31H,6-8,10,13-16H2,1-4H3. The number of carbonyl (C=O) groups excluding carboxylic acids is 1. The molecule has 0 radical (unpaired) electrons. The van der Waals surface area contributed by atoms with Crippen molar-refractivity contribution in [1.29, 1.82) is 0 Å². The van der Waals surface area contributed by atoms with Gasteiger partial charge in [0.05, 0.1) is 11.7 Å². The van der Waals surface area contributed by atoms with Gasteiger partial charge in [-0.05, 0) is 86.5 Å². The Morgan fingerprint density at radius 1 is 1.26 bits per heavy atom. The van der Waals surface area contributed by atoms with Crippen LogP contribution in [0.2, 0.25) is 0 Å². The molecule has 0 aromatic carbocycles. The second-order valence-electron chi connectivity index (χ2n) is 12.0. The quantitative estimate of drug-likeness (QED) is 0.569. The van der Waals surface area contributed by atoms with E-state index in [1.54, 1.807) is 6.08 Å². The lowest BCUT2D eigenvalue weighted by molar-refractivity contribution is -0.142. The molecule has 0 bridgehead atoms. The number of rotatable bonds is 5. The van der Waals surface area contributed by atoms with Crippen LogP contribution in [-0.2, 0) is 4.79 Å². The lowest BCUT2D eigenvalue weighted by atomic mass is 9.45. The summed E-state index contributed by atoms with van der Waals surface area (Å²) in [7, 11) is 0. The van der Waals surface area contributed by atoms with Crippen LogP contribution in [0.15, 0.2) is 24.3 Å². The summed E-state index contributed by atoms with van der Waals surface area (Å²) in [5.74, 6) is 1.95. The zero-order valence-electron chi connectivity index (χ0n) is 19.8. The molecule has 0 spiro atoms. The van der Waals surface area contributed by atoms with E-state index in [1.165, 1.54) is 0 Å². The van der Waals surface area contributed by atoms with Crippen molar-refractivity contribution >= 4 is 5.78 Å². The lowest BCUT2D eigenvalue weighted by Crippen LogP contribution is -2.57. The molecule has 3 saturated carbocycles. The Kier molecular flexibility index (Phi) is 6.07. The maximum atomic E-state index is 12.0. The van der Waals surface area contributed by atoms with Gasteiger partial charge < -0.3 is 15.3 Å². The fraction of sp³-hybridized carbons (Fsp3) is 0.815. The summed E-state index contributed by atoms with van der Waals surface area (Å²) < 4.78 is 0. The summed E-state index contributed by atoms with van der Waals surface area (Å²) in [6, 6.07) is 0. The summed E-state index contributed by atoms with van der Waals surface area (Å²) in [5, 5.41) is 33.4. The molecule has 0 saturated heterocycles. The zero-order valence-corrected chi connectivity index (χ0v) is 19.8. The zero-order chi connectivity index (χ0) is 22.6. The van der Waals surface area contributed by atoms with Crippen molar-refractivity contribution in [3.8, 4) is 0 Å². The van der Waals surface area contributed by atoms with Crippen molar-refractivity contribution in [2.75, 3.05) is 6.61 Å². The predicted octanol–water partition coefficient (Wildman–Crippen LogP) is 4.29. The third kappa shape index (κ3) is 3.67. The first-order valence-corrected chi connectivity index (χ1v) is 12.5. The van der Waals surface area contributed by atoms with Crippen molar-refractivity contribution in [2.45, 2.75) is 84.3 Å². The van der Waals surface area contributed by atoms with Crippen LogP contribution in [0.4, 0.5) is 0 Å². The highest BCUT2D eigenvalue weighted by atomic mass is 16.3. The number of aliphatic hydroxyl groups excluding tert-OH is 2. The van der Waals surface area contributed by atoms with Gasteiger partial charge in [-0.25, -0.2) is 0 Å². The van der Waals surface area contributed by atoms with Crippen LogP contribution in [0.1, 0.15) is 72.6 Å². The second kappa shape index (κ2) is 8.11. The van der Waals surface area contributed by atoms with E-state index < -0.39 is 17.1 Å². The Hall–Kier alpha value is -0.970. The minimum absolute atomic E-state index is 0.0191. The maximum absolute atomic E-state index is 12.0. The van der Waals surface area contributed by atoms with Gasteiger partial charge in [0.25, 0.3) is 0 Å². The minimum Gasteiger partial charge on any atom is -0.396 e. The summed E-state index contributed by atoms with van der Waals surface area (Å²) in [5.41, 5.74) is -1.55. The molecule has 0 aliphatic heterocycles. The molecular formula is C27H42O4. The van der Waals surface area contributed by atoms with E-state index in [2.05, 4.69) is 26.8 Å². The van der Waals surface area contributed by atoms with Crippen LogP contribution in [-0.4, -0.2) is 39.4 Å². The summed E-state index contributed by atoms with van der Waals surface area (Å²) in [4.78, 5) is 12.0. The molecule has 4 heteroatoms. The number of ketones is 1. The highest BCUT2D eigenvalue weighted by Crippen LogP contribution is 2.67. The fourth-order valence-corrected chi connectivity index (χ4v) is 8.40. The molecule has 3 fully saturated rings. The smallest absolute Gasteiger partial charge is 0.155 e. The summed E-state index contributed by atoms with van der Waals surface area (Å²) >= 11 is 0. The molecule has 174 valence electrons. The monoisotopic (exact) mass is 430 g/mol. The molecular weight excluding hydrogens is 388 g/mol. The number of carbonyl (C=O) groups is 1. The fourth-order valence-electron chi connectivity index (χ4n) is 8.40. The first kappa shape index (κ1) is 23.2. The molecule has 31 heavy (non-hydrogen) atoms. The molecule has 9 atom stereocenters. The maximum Gasteiger partial charge on any atom is 0.155 e. The molecule has 4 nitrogen and oxygen atoms in total. The van der Waals surface area contributed by atoms with Gasteiger partial charge in [0.1, 0.15) is 0 Å². The Bertz CT molecular complexity index is 752. The molecule has 4 aliphatic rings. The predicted molar refractivity (Wildman–Crippen MR) is 122 cm³/mol. The first-order valence-electron chi connectivity index (χ1n) is 12.5. The van der Waals surface area contributed by atoms with Crippen LogP contribution < -0.4 is 0 Å². The van der Waals surface area contributed by atoms with Gasteiger partial charge in [-0.2, -0.15) is 0 Å². The number of allylic oxidation sites excluding steroid dienone is 3. The van der Waals surface area contributed by atoms with E-state index in [1.807, 2.05) is 19.1 Å². The van der Waals surface area contributed by atoms with E-state index in [0.717, 1.165) is 32.1 Å². The SMILES string of the molecule is CC(C)CC=CC(C)(O)C1C(O)CC2C3CCC4CC(=O)C=CC4(C)C3CCC21CO. The lowest BCUT2D eigenvalue weighted by Gasteiger charge is -2.59. The van der Waals surface area contributed by atoms with Crippen molar-refractivity contribution < 1.29 is 20.1 Å². The third-order valence-corrected chi connectivity index (χ3v) is 9.78. The Balaban J connectivity index is 1.65. The number of aliphatic hydroxyl groups is 3. The first-order chi connectivity index (χ1) is 14.5. The van der Waals surface area contributed by atoms with Gasteiger partial charge in [0.15, 0.2) is 5.78 Å². The highest BCUT2D eigenvalue weighted by molar-refractivity contribution is 5.91. The highest BCUT2D eigenvalue weighted by Gasteiger charge is 2.66. The van der Waals surface area contributed by atoms with Crippen molar-refractivity contribution in [1.82, 2.24) is 0 Å². The van der Waals surface area contributed by atoms with Crippen LogP contribution in [0.5, 0.6) is 0 Å². The van der Waals surface area contributed by atoms with Gasteiger partial charge in [-0.1, -0.05) is 39.0 Å². The molecule has 0 aromatic heterocycles. The normalized spacial score (nSPS) is 46.6. The van der Waals surface area contributed by atoms with Gasteiger partial charge in [-0.15, -0.1) is 0 Å². The van der Waals surface area contributed by atoms with Gasteiger partial charge in [0, 0.05) is 24.4 Å². The van der Waals surface area contributed by atoms with Crippen molar-refractivity contribution in [3.63, 3.8) is 0 Å². The summed E-state index contributed by atoms with van der Waals surface area (Å²) in [6.07, 6.45) is 13.4. The topological polar surface area (TPSA) is 77.8 Å². The van der Waals surface area contributed by atoms with E-state index in [4.69, 9.17) is 0 Å². The largest absolute Gasteiger partial charge is 0.396 e. The Labute approximate surface area is 187 Å². The molecule has 4 aliphatic carbocycles. The third-order valence-electron chi connectivity index (χ3n) is 9.78. The molecule has 0 amide bonds. The summed E-state index contributed by atoms with van der Waals surface area (Å²) in [6.45, 7) is 8.47. The van der Waals surface area contributed by atoms with Gasteiger partial charge in [-0.3, -0.25) is 4.79 Å². The van der Waals surface area contributed by atoms with E-state index in [0.29, 0.717) is 36.5 Å². The van der Waals surface area contributed by atoms with E-state index in [9.17, 15) is 20.1 Å². The average molecular weight is 431 g/mol. The second-order valence-corrected chi connectivity index (χ2v) is 12.0. The minimum atomic E-state index is -1.14. The molecule has 4 rings (SSSR count). The van der Waals surface area contributed by atoms with Crippen LogP contribution >= 0.6 is 0 Å². The number of hydrogen-bond acceptors (Lipinski definition) is 4. The van der Waals surface area contributed by atoms with Crippen molar-refractivity contribution in [2.24, 2.45) is 46.3 Å². The Morgan fingerprint density at radius 3 is 2.68 bits per heavy atom. The average Bonchev–Trinajstić information content (AvgIpc) is 3.01.